The molecule has 0 saturated carbocycles. The number of hydrogen-bond donors (Lipinski definition) is 2. The molecular formula is C31H38N6O3. The second kappa shape index (κ2) is 13.4. The first-order valence-electron chi connectivity index (χ1n) is 13.9. The van der Waals surface area contributed by atoms with E-state index in [-0.39, 0.29) is 12.0 Å². The minimum Gasteiger partial charge on any atom is -0.497 e. The summed E-state index contributed by atoms with van der Waals surface area (Å²) < 4.78 is 11.7. The number of carbonyl (C=O) groups is 1. The van der Waals surface area contributed by atoms with Gasteiger partial charge in [0, 0.05) is 51.5 Å². The zero-order chi connectivity index (χ0) is 27.7. The topological polar surface area (TPSA) is 95.6 Å². The van der Waals surface area contributed by atoms with Gasteiger partial charge in [-0.1, -0.05) is 24.3 Å². The Kier molecular flexibility index (Phi) is 9.26. The SMILES string of the molecule is COc1cccc(CCN2CCC(OCc3cccc(N(CCNC(C)=O)c4ncnc5[nH]ccc45)c3)CC2)c1. The molecule has 2 aromatic carbocycles. The average molecular weight is 543 g/mol. The number of aromatic nitrogens is 3. The maximum absolute atomic E-state index is 11.5. The molecular weight excluding hydrogens is 504 g/mol. The number of fused-ring (bicyclic) bond motifs is 1. The summed E-state index contributed by atoms with van der Waals surface area (Å²) in [5, 5.41) is 3.84. The summed E-state index contributed by atoms with van der Waals surface area (Å²) >= 11 is 0. The van der Waals surface area contributed by atoms with Crippen molar-refractivity contribution >= 4 is 28.4 Å². The number of nitrogens with one attached hydrogen (secondary N) is 2. The Bertz CT molecular complexity index is 1400. The number of aromatic amines is 1. The van der Waals surface area contributed by atoms with E-state index in [1.165, 1.54) is 12.5 Å². The average Bonchev–Trinajstić information content (AvgIpc) is 3.47. The summed E-state index contributed by atoms with van der Waals surface area (Å²) in [7, 11) is 1.71. The first-order valence-corrected chi connectivity index (χ1v) is 13.9. The van der Waals surface area contributed by atoms with Gasteiger partial charge in [0.25, 0.3) is 0 Å². The smallest absolute Gasteiger partial charge is 0.216 e. The Morgan fingerprint density at radius 2 is 1.93 bits per heavy atom. The highest BCUT2D eigenvalue weighted by Gasteiger charge is 2.20. The molecule has 0 aliphatic carbocycles. The van der Waals surface area contributed by atoms with Crippen LogP contribution in [-0.4, -0.2) is 71.7 Å². The molecule has 210 valence electrons. The Morgan fingerprint density at radius 3 is 2.75 bits per heavy atom. The predicted molar refractivity (Wildman–Crippen MR) is 157 cm³/mol. The Labute approximate surface area is 235 Å². The minimum absolute atomic E-state index is 0.0528. The van der Waals surface area contributed by atoms with Crippen molar-refractivity contribution in [2.75, 3.05) is 44.7 Å². The lowest BCUT2D eigenvalue weighted by Crippen LogP contribution is -2.38. The minimum atomic E-state index is -0.0528. The summed E-state index contributed by atoms with van der Waals surface area (Å²) in [6.07, 6.45) is 6.78. The summed E-state index contributed by atoms with van der Waals surface area (Å²) in [6.45, 7) is 6.32. The number of hydrogen-bond acceptors (Lipinski definition) is 7. The number of rotatable bonds is 12. The Balaban J connectivity index is 1.17. The molecule has 0 bridgehead atoms. The molecule has 0 spiro atoms. The predicted octanol–water partition coefficient (Wildman–Crippen LogP) is 4.46. The van der Waals surface area contributed by atoms with E-state index in [4.69, 9.17) is 9.47 Å². The van der Waals surface area contributed by atoms with Crippen molar-refractivity contribution in [1.82, 2.24) is 25.2 Å². The number of benzene rings is 2. The first-order chi connectivity index (χ1) is 19.6. The third-order valence-electron chi connectivity index (χ3n) is 7.39. The van der Waals surface area contributed by atoms with E-state index in [1.54, 1.807) is 13.4 Å². The molecule has 0 atom stereocenters. The fraction of sp³-hybridized carbons (Fsp3) is 0.387. The summed E-state index contributed by atoms with van der Waals surface area (Å²) in [6, 6.07) is 18.7. The van der Waals surface area contributed by atoms with E-state index in [1.807, 2.05) is 18.3 Å². The first kappa shape index (κ1) is 27.6. The Morgan fingerprint density at radius 1 is 1.10 bits per heavy atom. The zero-order valence-corrected chi connectivity index (χ0v) is 23.3. The van der Waals surface area contributed by atoms with Crippen LogP contribution in [0.15, 0.2) is 67.1 Å². The van der Waals surface area contributed by atoms with Gasteiger partial charge in [-0.05, 0) is 60.7 Å². The second-order valence-corrected chi connectivity index (χ2v) is 10.2. The zero-order valence-electron chi connectivity index (χ0n) is 23.3. The second-order valence-electron chi connectivity index (χ2n) is 10.2. The van der Waals surface area contributed by atoms with Gasteiger partial charge < -0.3 is 29.6 Å². The third kappa shape index (κ3) is 7.16. The third-order valence-corrected chi connectivity index (χ3v) is 7.39. The van der Waals surface area contributed by atoms with Gasteiger partial charge in [-0.3, -0.25) is 4.79 Å². The number of ether oxygens (including phenoxy) is 2. The van der Waals surface area contributed by atoms with Gasteiger partial charge in [-0.25, -0.2) is 9.97 Å². The quantitative estimate of drug-likeness (QED) is 0.273. The fourth-order valence-corrected chi connectivity index (χ4v) is 5.22. The molecule has 4 aromatic rings. The molecule has 0 radical (unpaired) electrons. The van der Waals surface area contributed by atoms with Crippen LogP contribution in [0.1, 0.15) is 30.9 Å². The van der Waals surface area contributed by atoms with E-state index < -0.39 is 0 Å². The van der Waals surface area contributed by atoms with Crippen molar-refractivity contribution in [3.63, 3.8) is 0 Å². The van der Waals surface area contributed by atoms with Crippen molar-refractivity contribution in [1.29, 1.82) is 0 Å². The van der Waals surface area contributed by atoms with E-state index >= 15 is 0 Å². The van der Waals surface area contributed by atoms with Gasteiger partial charge in [0.2, 0.25) is 5.91 Å². The molecule has 9 heteroatoms. The number of likely N-dealkylation sites (tertiary alicyclic amines) is 1. The highest BCUT2D eigenvalue weighted by molar-refractivity contribution is 5.89. The van der Waals surface area contributed by atoms with E-state index in [0.717, 1.165) is 72.7 Å². The molecule has 2 N–H and O–H groups in total. The number of H-pyrrole nitrogens is 1. The number of nitrogens with zero attached hydrogens (tertiary/aromatic N) is 4. The molecule has 2 aromatic heterocycles. The largest absolute Gasteiger partial charge is 0.497 e. The number of carbonyl (C=O) groups excluding carboxylic acids is 1. The molecule has 1 amide bonds. The van der Waals surface area contributed by atoms with Crippen molar-refractivity contribution in [3.05, 3.63) is 78.2 Å². The van der Waals surface area contributed by atoms with Crippen molar-refractivity contribution < 1.29 is 14.3 Å². The van der Waals surface area contributed by atoms with Crippen LogP contribution >= 0.6 is 0 Å². The molecule has 5 rings (SSSR count). The molecule has 1 aliphatic heterocycles. The molecule has 1 aliphatic rings. The van der Waals surface area contributed by atoms with Crippen LogP contribution in [0.2, 0.25) is 0 Å². The molecule has 1 saturated heterocycles. The van der Waals surface area contributed by atoms with Crippen LogP contribution in [0.25, 0.3) is 11.0 Å². The highest BCUT2D eigenvalue weighted by Crippen LogP contribution is 2.30. The normalized spacial score (nSPS) is 14.3. The maximum Gasteiger partial charge on any atom is 0.216 e. The lowest BCUT2D eigenvalue weighted by Gasteiger charge is -2.32. The van der Waals surface area contributed by atoms with E-state index in [2.05, 4.69) is 72.5 Å². The van der Waals surface area contributed by atoms with Crippen LogP contribution in [0.4, 0.5) is 11.5 Å². The highest BCUT2D eigenvalue weighted by atomic mass is 16.5. The van der Waals surface area contributed by atoms with Crippen LogP contribution in [0.5, 0.6) is 5.75 Å². The van der Waals surface area contributed by atoms with Gasteiger partial charge in [0.15, 0.2) is 0 Å². The van der Waals surface area contributed by atoms with Gasteiger partial charge >= 0.3 is 0 Å². The molecule has 40 heavy (non-hydrogen) atoms. The standard InChI is InChI=1S/C31H38N6O3/c1-23(38)32-14-18-37(31-29-9-13-33-30(29)34-22-35-31)26-7-3-6-25(19-26)21-40-27-11-16-36(17-12-27)15-10-24-5-4-8-28(20-24)39-2/h3-9,13,19-20,22,27H,10-12,14-18,21H2,1-2H3,(H,32,38)(H,33,34,35). The monoisotopic (exact) mass is 542 g/mol. The summed E-state index contributed by atoms with van der Waals surface area (Å²) in [5.74, 6) is 1.67. The number of methoxy groups -OCH3 is 1. The van der Waals surface area contributed by atoms with Crippen LogP contribution in [-0.2, 0) is 22.6 Å². The molecule has 0 unspecified atom stereocenters. The van der Waals surface area contributed by atoms with Crippen molar-refractivity contribution in [3.8, 4) is 5.75 Å². The Hall–Kier alpha value is -3.95. The number of anilines is 2. The number of amides is 1. The van der Waals surface area contributed by atoms with Crippen LogP contribution in [0, 0.1) is 0 Å². The van der Waals surface area contributed by atoms with Crippen LogP contribution in [0.3, 0.4) is 0 Å². The van der Waals surface area contributed by atoms with Gasteiger partial charge in [0.1, 0.15) is 23.5 Å². The lowest BCUT2D eigenvalue weighted by molar-refractivity contribution is -0.118. The molecule has 1 fully saturated rings. The fourth-order valence-electron chi connectivity index (χ4n) is 5.22. The lowest BCUT2D eigenvalue weighted by atomic mass is 10.1. The maximum atomic E-state index is 11.5. The van der Waals surface area contributed by atoms with Crippen LogP contribution < -0.4 is 15.0 Å². The van der Waals surface area contributed by atoms with Gasteiger partial charge in [-0.15, -0.1) is 0 Å². The number of piperidine rings is 1. The molecule has 3 heterocycles. The van der Waals surface area contributed by atoms with Crippen molar-refractivity contribution in [2.24, 2.45) is 0 Å². The van der Waals surface area contributed by atoms with E-state index in [9.17, 15) is 4.79 Å². The molecule has 9 nitrogen and oxygen atoms in total. The summed E-state index contributed by atoms with van der Waals surface area (Å²) in [5.41, 5.74) is 4.20. The van der Waals surface area contributed by atoms with E-state index in [0.29, 0.717) is 19.7 Å². The van der Waals surface area contributed by atoms with Crippen molar-refractivity contribution in [2.45, 2.75) is 38.9 Å². The van der Waals surface area contributed by atoms with Gasteiger partial charge in [0.05, 0.1) is 25.2 Å². The summed E-state index contributed by atoms with van der Waals surface area (Å²) in [4.78, 5) is 28.2. The van der Waals surface area contributed by atoms with Gasteiger partial charge in [-0.2, -0.15) is 0 Å².